The summed E-state index contributed by atoms with van der Waals surface area (Å²) in [5, 5.41) is 3.22. The maximum atomic E-state index is 11.8. The van der Waals surface area contributed by atoms with E-state index in [0.29, 0.717) is 18.3 Å². The molecule has 1 rings (SSSR count). The molecule has 0 spiro atoms. The van der Waals surface area contributed by atoms with Crippen molar-refractivity contribution in [3.8, 4) is 0 Å². The van der Waals surface area contributed by atoms with Gasteiger partial charge in [-0.3, -0.25) is 4.79 Å². The predicted octanol–water partition coefficient (Wildman–Crippen LogP) is 2.89. The maximum Gasteiger partial charge on any atom is 0.220 e. The summed E-state index contributed by atoms with van der Waals surface area (Å²) < 4.78 is 0. The number of carbonyl (C=O) groups is 1. The van der Waals surface area contributed by atoms with Crippen LogP contribution in [0.2, 0.25) is 0 Å². The molecule has 86 valence electrons. The molecule has 2 heteroatoms. The van der Waals surface area contributed by atoms with E-state index in [-0.39, 0.29) is 11.4 Å². The second-order valence-corrected chi connectivity index (χ2v) is 5.34. The van der Waals surface area contributed by atoms with E-state index < -0.39 is 0 Å². The van der Waals surface area contributed by atoms with Crippen molar-refractivity contribution in [3.63, 3.8) is 0 Å². The highest BCUT2D eigenvalue weighted by molar-refractivity contribution is 5.77. The van der Waals surface area contributed by atoms with Gasteiger partial charge < -0.3 is 5.32 Å². The lowest BCUT2D eigenvalue weighted by molar-refractivity contribution is -0.124. The second-order valence-electron chi connectivity index (χ2n) is 5.34. The van der Waals surface area contributed by atoms with Crippen LogP contribution in [0.4, 0.5) is 0 Å². The molecular weight excluding hydrogens is 186 g/mol. The highest BCUT2D eigenvalue weighted by Gasteiger charge is 2.35. The number of carbonyl (C=O) groups excluding carboxylic acids is 1. The molecule has 0 atom stereocenters. The Bertz CT molecular complexity index is 245. The molecule has 1 amide bonds. The summed E-state index contributed by atoms with van der Waals surface area (Å²) in [5.74, 6) is 1.12. The molecule has 2 nitrogen and oxygen atoms in total. The molecule has 0 aromatic carbocycles. The molecule has 0 radical (unpaired) electrons. The Kier molecular flexibility index (Phi) is 3.95. The number of nitrogens with one attached hydrogen (secondary N) is 1. The molecule has 0 fully saturated rings. The predicted molar refractivity (Wildman–Crippen MR) is 63.5 cm³/mol. The average molecular weight is 209 g/mol. The second kappa shape index (κ2) is 4.82. The van der Waals surface area contributed by atoms with E-state index in [1.807, 2.05) is 0 Å². The van der Waals surface area contributed by atoms with Gasteiger partial charge in [0.05, 0.1) is 0 Å². The van der Waals surface area contributed by atoms with Crippen LogP contribution in [-0.4, -0.2) is 11.4 Å². The molecule has 0 aromatic heterocycles. The summed E-state index contributed by atoms with van der Waals surface area (Å²) in [4.78, 5) is 11.8. The Morgan fingerprint density at radius 3 is 2.20 bits per heavy atom. The number of rotatable bonds is 4. The molecule has 0 aromatic rings. The monoisotopic (exact) mass is 209 g/mol. The van der Waals surface area contributed by atoms with Crippen molar-refractivity contribution in [1.29, 1.82) is 0 Å². The SMILES string of the molecule is CC(C)CC(=O)NC1(C(C)C)CC=CC1. The van der Waals surface area contributed by atoms with E-state index >= 15 is 0 Å². The summed E-state index contributed by atoms with van der Waals surface area (Å²) in [6.07, 6.45) is 6.95. The van der Waals surface area contributed by atoms with Gasteiger partial charge in [-0.1, -0.05) is 39.8 Å². The summed E-state index contributed by atoms with van der Waals surface area (Å²) in [6.45, 7) is 8.52. The highest BCUT2D eigenvalue weighted by atomic mass is 16.1. The third-order valence-corrected chi connectivity index (χ3v) is 3.22. The number of hydrogen-bond acceptors (Lipinski definition) is 1. The molecule has 0 aliphatic heterocycles. The normalized spacial score (nSPS) is 18.8. The van der Waals surface area contributed by atoms with Crippen molar-refractivity contribution in [3.05, 3.63) is 12.2 Å². The van der Waals surface area contributed by atoms with Crippen LogP contribution in [0.15, 0.2) is 12.2 Å². The van der Waals surface area contributed by atoms with Gasteiger partial charge in [0.15, 0.2) is 0 Å². The van der Waals surface area contributed by atoms with Crippen LogP contribution in [0.3, 0.4) is 0 Å². The Morgan fingerprint density at radius 2 is 1.80 bits per heavy atom. The topological polar surface area (TPSA) is 29.1 Å². The van der Waals surface area contributed by atoms with Gasteiger partial charge in [0, 0.05) is 12.0 Å². The van der Waals surface area contributed by atoms with E-state index in [1.165, 1.54) is 0 Å². The summed E-state index contributed by atoms with van der Waals surface area (Å²) >= 11 is 0. The third-order valence-electron chi connectivity index (χ3n) is 3.22. The van der Waals surface area contributed by atoms with Crippen LogP contribution in [0.5, 0.6) is 0 Å². The zero-order valence-electron chi connectivity index (χ0n) is 10.3. The molecule has 0 bridgehead atoms. The van der Waals surface area contributed by atoms with Gasteiger partial charge in [-0.25, -0.2) is 0 Å². The zero-order valence-corrected chi connectivity index (χ0v) is 10.3. The molecule has 1 aliphatic rings. The van der Waals surface area contributed by atoms with Crippen LogP contribution >= 0.6 is 0 Å². The first kappa shape index (κ1) is 12.3. The lowest BCUT2D eigenvalue weighted by atomic mass is 9.83. The molecule has 0 heterocycles. The van der Waals surface area contributed by atoms with Gasteiger partial charge in [0.1, 0.15) is 0 Å². The smallest absolute Gasteiger partial charge is 0.220 e. The van der Waals surface area contributed by atoms with Crippen LogP contribution in [0, 0.1) is 11.8 Å². The quantitative estimate of drug-likeness (QED) is 0.709. The number of hydrogen-bond donors (Lipinski definition) is 1. The highest BCUT2D eigenvalue weighted by Crippen LogP contribution is 2.31. The molecule has 1 aliphatic carbocycles. The van der Waals surface area contributed by atoms with Crippen LogP contribution in [-0.2, 0) is 4.79 Å². The van der Waals surface area contributed by atoms with Crippen LogP contribution < -0.4 is 5.32 Å². The van der Waals surface area contributed by atoms with Gasteiger partial charge >= 0.3 is 0 Å². The van der Waals surface area contributed by atoms with Crippen molar-refractivity contribution in [1.82, 2.24) is 5.32 Å². The van der Waals surface area contributed by atoms with E-state index in [4.69, 9.17) is 0 Å². The van der Waals surface area contributed by atoms with Gasteiger partial charge in [0.2, 0.25) is 5.91 Å². The molecule has 0 saturated heterocycles. The van der Waals surface area contributed by atoms with Crippen LogP contribution in [0.1, 0.15) is 47.0 Å². The molecule has 0 saturated carbocycles. The van der Waals surface area contributed by atoms with Crippen molar-refractivity contribution in [2.24, 2.45) is 11.8 Å². The van der Waals surface area contributed by atoms with Crippen LogP contribution in [0.25, 0.3) is 0 Å². The van der Waals surface area contributed by atoms with Gasteiger partial charge in [-0.05, 0) is 24.7 Å². The standard InChI is InChI=1S/C13H23NO/c1-10(2)9-12(15)14-13(11(3)4)7-5-6-8-13/h5-6,10-11H,7-9H2,1-4H3,(H,14,15). The Labute approximate surface area is 93.1 Å². The minimum absolute atomic E-state index is 0.00796. The minimum Gasteiger partial charge on any atom is -0.350 e. The largest absolute Gasteiger partial charge is 0.350 e. The fourth-order valence-electron chi connectivity index (χ4n) is 2.09. The Balaban J connectivity index is 2.56. The molecule has 1 N–H and O–H groups in total. The summed E-state index contributed by atoms with van der Waals surface area (Å²) in [6, 6.07) is 0. The first-order chi connectivity index (χ1) is 6.96. The van der Waals surface area contributed by atoms with Crippen molar-refractivity contribution >= 4 is 5.91 Å². The van der Waals surface area contributed by atoms with E-state index in [2.05, 4.69) is 45.2 Å². The van der Waals surface area contributed by atoms with Crippen molar-refractivity contribution in [2.75, 3.05) is 0 Å². The average Bonchev–Trinajstić information content (AvgIpc) is 2.52. The summed E-state index contributed by atoms with van der Waals surface area (Å²) in [7, 11) is 0. The Morgan fingerprint density at radius 1 is 1.27 bits per heavy atom. The fraction of sp³-hybridized carbons (Fsp3) is 0.769. The first-order valence-corrected chi connectivity index (χ1v) is 5.92. The van der Waals surface area contributed by atoms with E-state index in [9.17, 15) is 4.79 Å². The lowest BCUT2D eigenvalue weighted by Gasteiger charge is -2.35. The van der Waals surface area contributed by atoms with Crippen molar-refractivity contribution < 1.29 is 4.79 Å². The van der Waals surface area contributed by atoms with Gasteiger partial charge in [-0.2, -0.15) is 0 Å². The van der Waals surface area contributed by atoms with Gasteiger partial charge in [-0.15, -0.1) is 0 Å². The Hall–Kier alpha value is -0.790. The molecule has 15 heavy (non-hydrogen) atoms. The zero-order chi connectivity index (χ0) is 11.5. The minimum atomic E-state index is -0.00796. The fourth-order valence-corrected chi connectivity index (χ4v) is 2.09. The van der Waals surface area contributed by atoms with E-state index in [0.717, 1.165) is 12.8 Å². The van der Waals surface area contributed by atoms with Crippen molar-refractivity contribution in [2.45, 2.75) is 52.5 Å². The molecule has 0 unspecified atom stereocenters. The lowest BCUT2D eigenvalue weighted by Crippen LogP contribution is -2.50. The van der Waals surface area contributed by atoms with E-state index in [1.54, 1.807) is 0 Å². The maximum absolute atomic E-state index is 11.8. The molecular formula is C13H23NO. The number of amides is 1. The van der Waals surface area contributed by atoms with Gasteiger partial charge in [0.25, 0.3) is 0 Å². The third kappa shape index (κ3) is 3.08. The first-order valence-electron chi connectivity index (χ1n) is 5.92. The summed E-state index contributed by atoms with van der Waals surface area (Å²) in [5.41, 5.74) is -0.00796.